The van der Waals surface area contributed by atoms with E-state index < -0.39 is 0 Å². The Kier molecular flexibility index (Phi) is 6.66. The predicted molar refractivity (Wildman–Crippen MR) is 83.4 cm³/mol. The number of hydrogen-bond acceptors (Lipinski definition) is 2. The number of hydrogen-bond donors (Lipinski definition) is 1. The van der Waals surface area contributed by atoms with Gasteiger partial charge in [-0.25, -0.2) is 0 Å². The minimum atomic E-state index is 0.891. The molecule has 0 aromatic heterocycles. The van der Waals surface area contributed by atoms with Crippen LogP contribution in [0.1, 0.15) is 58.8 Å². The Morgan fingerprint density at radius 1 is 1.00 bits per heavy atom. The van der Waals surface area contributed by atoms with Crippen molar-refractivity contribution in [3.05, 3.63) is 0 Å². The van der Waals surface area contributed by atoms with Gasteiger partial charge in [0.2, 0.25) is 0 Å². The number of nitrogens with zero attached hydrogens (tertiary/aromatic N) is 1. The van der Waals surface area contributed by atoms with Crippen molar-refractivity contribution in [3.8, 4) is 0 Å². The van der Waals surface area contributed by atoms with Crippen LogP contribution in [-0.4, -0.2) is 37.6 Å². The monoisotopic (exact) mass is 266 g/mol. The summed E-state index contributed by atoms with van der Waals surface area (Å²) in [5, 5.41) is 3.46. The fraction of sp³-hybridized carbons (Fsp3) is 1.00. The Balaban J connectivity index is 1.49. The largest absolute Gasteiger partial charge is 0.317 e. The van der Waals surface area contributed by atoms with E-state index in [1.807, 2.05) is 0 Å². The molecule has 0 aromatic carbocycles. The lowest BCUT2D eigenvalue weighted by molar-refractivity contribution is 0.154. The molecule has 2 heterocycles. The predicted octanol–water partition coefficient (Wildman–Crippen LogP) is 3.52. The second-order valence-corrected chi connectivity index (χ2v) is 7.11. The molecular weight excluding hydrogens is 232 g/mol. The summed E-state index contributed by atoms with van der Waals surface area (Å²) in [6.07, 6.45) is 10.1. The van der Waals surface area contributed by atoms with Gasteiger partial charge in [-0.1, -0.05) is 26.7 Å². The lowest BCUT2D eigenvalue weighted by atomic mass is 9.86. The van der Waals surface area contributed by atoms with E-state index in [0.29, 0.717) is 0 Å². The van der Waals surface area contributed by atoms with Crippen LogP contribution >= 0.6 is 0 Å². The summed E-state index contributed by atoms with van der Waals surface area (Å²) in [6, 6.07) is 0. The second-order valence-electron chi connectivity index (χ2n) is 7.11. The van der Waals surface area contributed by atoms with Crippen LogP contribution in [0.3, 0.4) is 0 Å². The second kappa shape index (κ2) is 8.26. The van der Waals surface area contributed by atoms with E-state index in [1.54, 1.807) is 0 Å². The number of rotatable bonds is 6. The smallest absolute Gasteiger partial charge is 0.00160 e. The number of unbranched alkanes of at least 4 members (excludes halogenated alkanes) is 1. The van der Waals surface area contributed by atoms with E-state index in [2.05, 4.69) is 24.1 Å². The van der Waals surface area contributed by atoms with Crippen LogP contribution < -0.4 is 5.32 Å². The SMILES string of the molecule is CC(C)C1CCN(CCCCC2CCNCC2)CC1. The van der Waals surface area contributed by atoms with Crippen LogP contribution in [-0.2, 0) is 0 Å². The fourth-order valence-electron chi connectivity index (χ4n) is 3.78. The summed E-state index contributed by atoms with van der Waals surface area (Å²) < 4.78 is 0. The maximum absolute atomic E-state index is 3.46. The van der Waals surface area contributed by atoms with E-state index in [-0.39, 0.29) is 0 Å². The van der Waals surface area contributed by atoms with Crippen molar-refractivity contribution in [2.45, 2.75) is 58.8 Å². The van der Waals surface area contributed by atoms with Crippen molar-refractivity contribution in [1.29, 1.82) is 0 Å². The molecule has 1 N–H and O–H groups in total. The summed E-state index contributed by atoms with van der Waals surface area (Å²) >= 11 is 0. The number of piperidine rings is 2. The van der Waals surface area contributed by atoms with Crippen LogP contribution in [0.5, 0.6) is 0 Å². The average molecular weight is 266 g/mol. The van der Waals surface area contributed by atoms with Crippen LogP contribution in [0.15, 0.2) is 0 Å². The van der Waals surface area contributed by atoms with Crippen molar-refractivity contribution in [3.63, 3.8) is 0 Å². The zero-order valence-corrected chi connectivity index (χ0v) is 13.2. The van der Waals surface area contributed by atoms with Gasteiger partial charge in [0.05, 0.1) is 0 Å². The van der Waals surface area contributed by atoms with Crippen LogP contribution in [0, 0.1) is 17.8 Å². The minimum Gasteiger partial charge on any atom is -0.317 e. The highest BCUT2D eigenvalue weighted by Gasteiger charge is 2.21. The Morgan fingerprint density at radius 2 is 1.68 bits per heavy atom. The van der Waals surface area contributed by atoms with Gasteiger partial charge in [0.15, 0.2) is 0 Å². The maximum Gasteiger partial charge on any atom is -0.00160 e. The van der Waals surface area contributed by atoms with Crippen molar-refractivity contribution >= 4 is 0 Å². The van der Waals surface area contributed by atoms with Crippen molar-refractivity contribution < 1.29 is 0 Å². The molecule has 2 saturated heterocycles. The highest BCUT2D eigenvalue weighted by atomic mass is 15.1. The van der Waals surface area contributed by atoms with E-state index in [0.717, 1.165) is 17.8 Å². The Bertz CT molecular complexity index is 225. The zero-order valence-electron chi connectivity index (χ0n) is 13.2. The summed E-state index contributed by atoms with van der Waals surface area (Å²) in [4.78, 5) is 2.71. The van der Waals surface area contributed by atoms with Gasteiger partial charge in [-0.15, -0.1) is 0 Å². The molecule has 0 unspecified atom stereocenters. The molecule has 0 saturated carbocycles. The summed E-state index contributed by atoms with van der Waals surface area (Å²) in [5.41, 5.74) is 0. The molecular formula is C17H34N2. The molecule has 2 fully saturated rings. The highest BCUT2D eigenvalue weighted by molar-refractivity contribution is 4.74. The third-order valence-corrected chi connectivity index (χ3v) is 5.37. The third-order valence-electron chi connectivity index (χ3n) is 5.37. The molecule has 0 spiro atoms. The van der Waals surface area contributed by atoms with Crippen molar-refractivity contribution in [1.82, 2.24) is 10.2 Å². The molecule has 112 valence electrons. The van der Waals surface area contributed by atoms with Gasteiger partial charge in [0.1, 0.15) is 0 Å². The molecule has 0 amide bonds. The van der Waals surface area contributed by atoms with E-state index in [1.165, 1.54) is 77.7 Å². The summed E-state index contributed by atoms with van der Waals surface area (Å²) in [7, 11) is 0. The molecule has 2 aliphatic rings. The van der Waals surface area contributed by atoms with Gasteiger partial charge < -0.3 is 10.2 Å². The number of likely N-dealkylation sites (tertiary alicyclic amines) is 1. The first-order valence-corrected chi connectivity index (χ1v) is 8.69. The van der Waals surface area contributed by atoms with Gasteiger partial charge in [0, 0.05) is 0 Å². The van der Waals surface area contributed by atoms with Gasteiger partial charge in [-0.05, 0) is 82.6 Å². The lowest BCUT2D eigenvalue weighted by Crippen LogP contribution is -2.35. The topological polar surface area (TPSA) is 15.3 Å². The molecule has 2 heteroatoms. The van der Waals surface area contributed by atoms with Crippen LogP contribution in [0.2, 0.25) is 0 Å². The molecule has 19 heavy (non-hydrogen) atoms. The van der Waals surface area contributed by atoms with Crippen LogP contribution in [0.4, 0.5) is 0 Å². The average Bonchev–Trinajstić information content (AvgIpc) is 2.45. The Morgan fingerprint density at radius 3 is 2.32 bits per heavy atom. The molecule has 0 aromatic rings. The molecule has 0 radical (unpaired) electrons. The minimum absolute atomic E-state index is 0.891. The first kappa shape index (κ1) is 15.3. The third kappa shape index (κ3) is 5.43. The Hall–Kier alpha value is -0.0800. The van der Waals surface area contributed by atoms with Gasteiger partial charge in [0.25, 0.3) is 0 Å². The molecule has 2 aliphatic heterocycles. The first-order valence-electron chi connectivity index (χ1n) is 8.69. The normalized spacial score (nSPS) is 24.2. The van der Waals surface area contributed by atoms with E-state index in [4.69, 9.17) is 0 Å². The quantitative estimate of drug-likeness (QED) is 0.740. The summed E-state index contributed by atoms with van der Waals surface area (Å²) in [6.45, 7) is 11.4. The standard InChI is InChI=1S/C17H34N2/c1-15(2)17-8-13-19(14-9-17)12-4-3-5-16-6-10-18-11-7-16/h15-18H,3-14H2,1-2H3. The van der Waals surface area contributed by atoms with Crippen molar-refractivity contribution in [2.75, 3.05) is 32.7 Å². The van der Waals surface area contributed by atoms with E-state index >= 15 is 0 Å². The lowest BCUT2D eigenvalue weighted by Gasteiger charge is -2.34. The van der Waals surface area contributed by atoms with Gasteiger partial charge >= 0.3 is 0 Å². The zero-order chi connectivity index (χ0) is 13.5. The highest BCUT2D eigenvalue weighted by Crippen LogP contribution is 2.25. The molecule has 2 nitrogen and oxygen atoms in total. The molecule has 2 rings (SSSR count). The summed E-state index contributed by atoms with van der Waals surface area (Å²) in [5.74, 6) is 2.90. The maximum atomic E-state index is 3.46. The molecule has 0 bridgehead atoms. The fourth-order valence-corrected chi connectivity index (χ4v) is 3.78. The van der Waals surface area contributed by atoms with Gasteiger partial charge in [-0.3, -0.25) is 0 Å². The molecule has 0 atom stereocenters. The van der Waals surface area contributed by atoms with Gasteiger partial charge in [-0.2, -0.15) is 0 Å². The Labute approximate surface area is 120 Å². The number of nitrogens with one attached hydrogen (secondary N) is 1. The first-order chi connectivity index (χ1) is 9.25. The molecule has 0 aliphatic carbocycles. The van der Waals surface area contributed by atoms with E-state index in [9.17, 15) is 0 Å². The van der Waals surface area contributed by atoms with Crippen LogP contribution in [0.25, 0.3) is 0 Å². The van der Waals surface area contributed by atoms with Crippen molar-refractivity contribution in [2.24, 2.45) is 17.8 Å².